The molecule has 4 nitrogen and oxygen atoms in total. The van der Waals surface area contributed by atoms with Gasteiger partial charge in [0.25, 0.3) is 5.91 Å². The number of rotatable bonds is 4. The number of hydrogen-bond acceptors (Lipinski definition) is 2. The zero-order valence-electron chi connectivity index (χ0n) is 12.4. The molecule has 0 spiro atoms. The monoisotopic (exact) mass is 293 g/mol. The largest absolute Gasteiger partial charge is 0.323 e. The molecule has 0 aliphatic heterocycles. The Morgan fingerprint density at radius 3 is 2.77 bits per heavy atom. The SMILES string of the molecule is O=C(N/N=C\[C@H]1CC=CCC1)c1ccccc1-n1cccc1. The number of amides is 1. The van der Waals surface area contributed by atoms with Crippen LogP contribution in [0.2, 0.25) is 0 Å². The summed E-state index contributed by atoms with van der Waals surface area (Å²) in [5.41, 5.74) is 4.10. The van der Waals surface area contributed by atoms with Crippen molar-refractivity contribution in [1.82, 2.24) is 9.99 Å². The van der Waals surface area contributed by atoms with E-state index in [-0.39, 0.29) is 5.91 Å². The highest BCUT2D eigenvalue weighted by Crippen LogP contribution is 2.16. The van der Waals surface area contributed by atoms with Crippen molar-refractivity contribution in [3.8, 4) is 5.69 Å². The van der Waals surface area contributed by atoms with E-state index in [1.54, 1.807) is 0 Å². The predicted molar refractivity (Wildman–Crippen MR) is 88.2 cm³/mol. The molecule has 0 saturated carbocycles. The summed E-state index contributed by atoms with van der Waals surface area (Å²) in [6, 6.07) is 11.4. The summed E-state index contributed by atoms with van der Waals surface area (Å²) in [6.07, 6.45) is 13.2. The second kappa shape index (κ2) is 6.89. The molecule has 1 aliphatic rings. The van der Waals surface area contributed by atoms with Gasteiger partial charge in [0.1, 0.15) is 0 Å². The lowest BCUT2D eigenvalue weighted by atomic mass is 9.96. The first-order chi connectivity index (χ1) is 10.8. The Kier molecular flexibility index (Phi) is 4.49. The van der Waals surface area contributed by atoms with Gasteiger partial charge in [-0.25, -0.2) is 5.43 Å². The summed E-state index contributed by atoms with van der Waals surface area (Å²) in [6.45, 7) is 0. The maximum absolute atomic E-state index is 12.4. The zero-order chi connectivity index (χ0) is 15.2. The van der Waals surface area contributed by atoms with Crippen LogP contribution in [-0.2, 0) is 0 Å². The molecule has 22 heavy (non-hydrogen) atoms. The third-order valence-corrected chi connectivity index (χ3v) is 3.79. The third kappa shape index (κ3) is 3.34. The van der Waals surface area contributed by atoms with E-state index in [9.17, 15) is 4.79 Å². The van der Waals surface area contributed by atoms with Crippen molar-refractivity contribution < 1.29 is 4.79 Å². The lowest BCUT2D eigenvalue weighted by Gasteiger charge is -2.12. The molecule has 1 amide bonds. The summed E-state index contributed by atoms with van der Waals surface area (Å²) >= 11 is 0. The second-order valence-corrected chi connectivity index (χ2v) is 5.37. The Morgan fingerprint density at radius 2 is 2.00 bits per heavy atom. The minimum absolute atomic E-state index is 0.188. The number of hydrogen-bond donors (Lipinski definition) is 1. The molecular formula is C18H19N3O. The third-order valence-electron chi connectivity index (χ3n) is 3.79. The molecule has 2 aromatic rings. The van der Waals surface area contributed by atoms with Gasteiger partial charge in [0.15, 0.2) is 0 Å². The van der Waals surface area contributed by atoms with Crippen LogP contribution in [-0.4, -0.2) is 16.7 Å². The molecular weight excluding hydrogens is 274 g/mol. The molecule has 112 valence electrons. The van der Waals surface area contributed by atoms with Crippen LogP contribution in [0.25, 0.3) is 5.69 Å². The smallest absolute Gasteiger partial charge is 0.273 e. The van der Waals surface area contributed by atoms with Crippen molar-refractivity contribution in [2.45, 2.75) is 19.3 Å². The van der Waals surface area contributed by atoms with E-state index in [0.29, 0.717) is 11.5 Å². The first kappa shape index (κ1) is 14.3. The topological polar surface area (TPSA) is 46.4 Å². The van der Waals surface area contributed by atoms with Crippen LogP contribution in [0.3, 0.4) is 0 Å². The highest BCUT2D eigenvalue weighted by atomic mass is 16.2. The van der Waals surface area contributed by atoms with Gasteiger partial charge >= 0.3 is 0 Å². The molecule has 1 aromatic heterocycles. The molecule has 1 atom stereocenters. The van der Waals surface area contributed by atoms with Crippen molar-refractivity contribution in [1.29, 1.82) is 0 Å². The number of hydrazone groups is 1. The molecule has 0 unspecified atom stereocenters. The second-order valence-electron chi connectivity index (χ2n) is 5.37. The molecule has 4 heteroatoms. The lowest BCUT2D eigenvalue weighted by Crippen LogP contribution is -2.20. The van der Waals surface area contributed by atoms with Crippen LogP contribution in [0.15, 0.2) is 66.0 Å². The first-order valence-electron chi connectivity index (χ1n) is 7.55. The number of carbonyl (C=O) groups is 1. The molecule has 1 aliphatic carbocycles. The average molecular weight is 293 g/mol. The normalized spacial score (nSPS) is 17.7. The van der Waals surface area contributed by atoms with Crippen molar-refractivity contribution in [3.63, 3.8) is 0 Å². The fraction of sp³-hybridized carbons (Fsp3) is 0.222. The van der Waals surface area contributed by atoms with E-state index < -0.39 is 0 Å². The Labute approximate surface area is 130 Å². The maximum atomic E-state index is 12.4. The average Bonchev–Trinajstić information content (AvgIpc) is 3.10. The van der Waals surface area contributed by atoms with Gasteiger partial charge in [-0.3, -0.25) is 4.79 Å². The summed E-state index contributed by atoms with van der Waals surface area (Å²) in [4.78, 5) is 12.4. The fourth-order valence-electron chi connectivity index (χ4n) is 2.60. The molecule has 0 fully saturated rings. The predicted octanol–water partition coefficient (Wildman–Crippen LogP) is 3.55. The van der Waals surface area contributed by atoms with E-state index in [1.807, 2.05) is 59.6 Å². The zero-order valence-corrected chi connectivity index (χ0v) is 12.4. The Hall–Kier alpha value is -2.62. The van der Waals surface area contributed by atoms with Crippen molar-refractivity contribution >= 4 is 12.1 Å². The van der Waals surface area contributed by atoms with Gasteiger partial charge in [0.2, 0.25) is 0 Å². The molecule has 0 bridgehead atoms. The van der Waals surface area contributed by atoms with Gasteiger partial charge in [-0.15, -0.1) is 0 Å². The summed E-state index contributed by atoms with van der Waals surface area (Å²) in [7, 11) is 0. The van der Waals surface area contributed by atoms with Gasteiger partial charge in [0, 0.05) is 18.6 Å². The number of para-hydroxylation sites is 1. The molecule has 1 heterocycles. The van der Waals surface area contributed by atoms with Crippen LogP contribution in [0.5, 0.6) is 0 Å². The molecule has 1 N–H and O–H groups in total. The van der Waals surface area contributed by atoms with E-state index >= 15 is 0 Å². The summed E-state index contributed by atoms with van der Waals surface area (Å²) < 4.78 is 1.92. The Morgan fingerprint density at radius 1 is 1.18 bits per heavy atom. The van der Waals surface area contributed by atoms with Crippen molar-refractivity contribution in [3.05, 3.63) is 66.5 Å². The van der Waals surface area contributed by atoms with Crippen LogP contribution in [0, 0.1) is 5.92 Å². The van der Waals surface area contributed by atoms with Gasteiger partial charge in [0.05, 0.1) is 11.3 Å². The van der Waals surface area contributed by atoms with Crippen LogP contribution in [0.1, 0.15) is 29.6 Å². The van der Waals surface area contributed by atoms with Crippen molar-refractivity contribution in [2.75, 3.05) is 0 Å². The number of carbonyl (C=O) groups excluding carboxylic acids is 1. The Balaban J connectivity index is 1.70. The number of benzene rings is 1. The van der Waals surface area contributed by atoms with Gasteiger partial charge in [-0.2, -0.15) is 5.10 Å². The fourth-order valence-corrected chi connectivity index (χ4v) is 2.60. The number of allylic oxidation sites excluding steroid dienone is 2. The summed E-state index contributed by atoms with van der Waals surface area (Å²) in [5, 5.41) is 4.13. The maximum Gasteiger partial charge on any atom is 0.273 e. The molecule has 1 aromatic carbocycles. The van der Waals surface area contributed by atoms with E-state index in [2.05, 4.69) is 22.7 Å². The molecule has 3 rings (SSSR count). The van der Waals surface area contributed by atoms with E-state index in [0.717, 1.165) is 24.9 Å². The van der Waals surface area contributed by atoms with E-state index in [4.69, 9.17) is 0 Å². The van der Waals surface area contributed by atoms with Crippen LogP contribution in [0.4, 0.5) is 0 Å². The van der Waals surface area contributed by atoms with Gasteiger partial charge < -0.3 is 4.57 Å². The minimum Gasteiger partial charge on any atom is -0.323 e. The number of nitrogens with one attached hydrogen (secondary N) is 1. The number of aromatic nitrogens is 1. The van der Waals surface area contributed by atoms with Gasteiger partial charge in [-0.05, 0) is 49.4 Å². The van der Waals surface area contributed by atoms with E-state index in [1.165, 1.54) is 0 Å². The number of nitrogens with zero attached hydrogens (tertiary/aromatic N) is 2. The molecule has 0 saturated heterocycles. The highest BCUT2D eigenvalue weighted by molar-refractivity contribution is 5.97. The van der Waals surface area contributed by atoms with Crippen LogP contribution < -0.4 is 5.43 Å². The quantitative estimate of drug-likeness (QED) is 0.523. The minimum atomic E-state index is -0.188. The molecule has 0 radical (unpaired) electrons. The van der Waals surface area contributed by atoms with Gasteiger partial charge in [-0.1, -0.05) is 24.3 Å². The lowest BCUT2D eigenvalue weighted by molar-refractivity contribution is 0.0955. The van der Waals surface area contributed by atoms with Crippen molar-refractivity contribution in [2.24, 2.45) is 11.0 Å². The highest BCUT2D eigenvalue weighted by Gasteiger charge is 2.11. The van der Waals surface area contributed by atoms with Crippen LogP contribution >= 0.6 is 0 Å². The first-order valence-corrected chi connectivity index (χ1v) is 7.55. The standard InChI is InChI=1S/C18H19N3O/c22-18(20-19-14-15-8-2-1-3-9-15)16-10-4-5-11-17(16)21-12-6-7-13-21/h1-2,4-7,10-15H,3,8-9H2,(H,20,22)/b19-14-/t15-/m0/s1. The summed E-state index contributed by atoms with van der Waals surface area (Å²) in [5.74, 6) is 0.233. The Bertz CT molecular complexity index is 686.